The Morgan fingerprint density at radius 3 is 2.63 bits per heavy atom. The van der Waals surface area contributed by atoms with Crippen LogP contribution in [-0.2, 0) is 0 Å². The van der Waals surface area contributed by atoms with Crippen molar-refractivity contribution in [2.45, 2.75) is 32.7 Å². The van der Waals surface area contributed by atoms with Gasteiger partial charge in [-0.1, -0.05) is 31.2 Å². The Morgan fingerprint density at radius 2 is 2.05 bits per heavy atom. The van der Waals surface area contributed by atoms with Crippen LogP contribution in [0.25, 0.3) is 0 Å². The zero-order chi connectivity index (χ0) is 13.9. The topological polar surface area (TPSA) is 47.3 Å². The second kappa shape index (κ2) is 9.59. The number of allylic oxidation sites excluding steroid dienone is 1. The van der Waals surface area contributed by atoms with Crippen LogP contribution in [0.15, 0.2) is 36.4 Å². The van der Waals surface area contributed by atoms with Gasteiger partial charge in [-0.05, 0) is 44.0 Å². The summed E-state index contributed by atoms with van der Waals surface area (Å²) in [6, 6.07) is 8.42. The molecule has 0 amide bonds. The van der Waals surface area contributed by atoms with Gasteiger partial charge in [-0.2, -0.15) is 0 Å². The third-order valence-electron chi connectivity index (χ3n) is 2.93. The van der Waals surface area contributed by atoms with E-state index in [2.05, 4.69) is 36.5 Å². The van der Waals surface area contributed by atoms with Crippen molar-refractivity contribution in [2.24, 2.45) is 5.73 Å². The zero-order valence-corrected chi connectivity index (χ0v) is 12.1. The van der Waals surface area contributed by atoms with Crippen LogP contribution in [-0.4, -0.2) is 19.7 Å². The molecule has 0 saturated heterocycles. The highest BCUT2D eigenvalue weighted by atomic mass is 16.5. The molecule has 1 atom stereocenters. The fraction of sp³-hybridized carbons (Fsp3) is 0.500. The van der Waals surface area contributed by atoms with E-state index in [1.54, 1.807) is 0 Å². The normalized spacial score (nSPS) is 12.8. The number of ether oxygens (including phenoxy) is 1. The Hall–Kier alpha value is -1.32. The molecule has 1 aromatic rings. The van der Waals surface area contributed by atoms with E-state index in [0.717, 1.165) is 31.7 Å². The van der Waals surface area contributed by atoms with Crippen LogP contribution in [0.5, 0.6) is 5.75 Å². The largest absolute Gasteiger partial charge is 0.494 e. The van der Waals surface area contributed by atoms with Gasteiger partial charge in [-0.3, -0.25) is 0 Å². The summed E-state index contributed by atoms with van der Waals surface area (Å²) in [5.74, 6) is 0.926. The molecule has 0 bridgehead atoms. The SMILES string of the molecule is C/C=C/CCNC(CN)c1ccc(OCCC)cc1. The molecule has 0 spiro atoms. The first kappa shape index (κ1) is 15.7. The van der Waals surface area contributed by atoms with Gasteiger partial charge in [0.2, 0.25) is 0 Å². The molecule has 3 nitrogen and oxygen atoms in total. The van der Waals surface area contributed by atoms with Crippen molar-refractivity contribution in [3.05, 3.63) is 42.0 Å². The van der Waals surface area contributed by atoms with Gasteiger partial charge in [-0.25, -0.2) is 0 Å². The second-order valence-electron chi connectivity index (χ2n) is 4.52. The molecule has 1 unspecified atom stereocenters. The van der Waals surface area contributed by atoms with Crippen LogP contribution < -0.4 is 15.8 Å². The van der Waals surface area contributed by atoms with E-state index in [-0.39, 0.29) is 6.04 Å². The van der Waals surface area contributed by atoms with Crippen LogP contribution in [0.1, 0.15) is 38.3 Å². The summed E-state index contributed by atoms with van der Waals surface area (Å²) < 4.78 is 5.58. The molecule has 0 aliphatic rings. The highest BCUT2D eigenvalue weighted by Crippen LogP contribution is 2.17. The van der Waals surface area contributed by atoms with Gasteiger partial charge in [-0.15, -0.1) is 0 Å². The lowest BCUT2D eigenvalue weighted by atomic mass is 10.1. The molecule has 106 valence electrons. The van der Waals surface area contributed by atoms with Crippen molar-refractivity contribution in [3.8, 4) is 5.75 Å². The van der Waals surface area contributed by atoms with Gasteiger partial charge in [0.1, 0.15) is 5.75 Å². The Bertz CT molecular complexity index is 360. The summed E-state index contributed by atoms with van der Waals surface area (Å²) >= 11 is 0. The van der Waals surface area contributed by atoms with Gasteiger partial charge >= 0.3 is 0 Å². The van der Waals surface area contributed by atoms with E-state index in [9.17, 15) is 0 Å². The van der Waals surface area contributed by atoms with Crippen molar-refractivity contribution < 1.29 is 4.74 Å². The lowest BCUT2D eigenvalue weighted by molar-refractivity contribution is 0.317. The summed E-state index contributed by atoms with van der Waals surface area (Å²) in [5, 5.41) is 3.47. The van der Waals surface area contributed by atoms with Crippen molar-refractivity contribution >= 4 is 0 Å². The number of benzene rings is 1. The van der Waals surface area contributed by atoms with Crippen LogP contribution >= 0.6 is 0 Å². The standard InChI is InChI=1S/C16H26N2O/c1-3-5-6-11-18-16(13-17)14-7-9-15(10-8-14)19-12-4-2/h3,5,7-10,16,18H,4,6,11-13,17H2,1-2H3/b5-3+. The van der Waals surface area contributed by atoms with Crippen molar-refractivity contribution in [1.82, 2.24) is 5.32 Å². The summed E-state index contributed by atoms with van der Waals surface area (Å²) in [6.45, 7) is 6.45. The first-order chi connectivity index (χ1) is 9.31. The van der Waals surface area contributed by atoms with Gasteiger partial charge in [0, 0.05) is 12.6 Å². The smallest absolute Gasteiger partial charge is 0.119 e. The Morgan fingerprint density at radius 1 is 1.32 bits per heavy atom. The zero-order valence-electron chi connectivity index (χ0n) is 12.1. The third-order valence-corrected chi connectivity index (χ3v) is 2.93. The second-order valence-corrected chi connectivity index (χ2v) is 4.52. The van der Waals surface area contributed by atoms with E-state index in [4.69, 9.17) is 10.5 Å². The fourth-order valence-corrected chi connectivity index (χ4v) is 1.86. The Kier molecular flexibility index (Phi) is 7.94. The van der Waals surface area contributed by atoms with E-state index < -0.39 is 0 Å². The predicted octanol–water partition coefficient (Wildman–Crippen LogP) is 3.03. The molecule has 0 heterocycles. The van der Waals surface area contributed by atoms with Crippen molar-refractivity contribution in [1.29, 1.82) is 0 Å². The van der Waals surface area contributed by atoms with E-state index in [1.807, 2.05) is 19.1 Å². The number of hydrogen-bond donors (Lipinski definition) is 2. The number of hydrogen-bond acceptors (Lipinski definition) is 3. The van der Waals surface area contributed by atoms with Gasteiger partial charge in [0.05, 0.1) is 6.61 Å². The quantitative estimate of drug-likeness (QED) is 0.531. The molecule has 0 radical (unpaired) electrons. The highest BCUT2D eigenvalue weighted by molar-refractivity contribution is 5.29. The molecule has 19 heavy (non-hydrogen) atoms. The first-order valence-electron chi connectivity index (χ1n) is 7.09. The van der Waals surface area contributed by atoms with Crippen molar-refractivity contribution in [2.75, 3.05) is 19.7 Å². The predicted molar refractivity (Wildman–Crippen MR) is 81.5 cm³/mol. The van der Waals surface area contributed by atoms with Crippen molar-refractivity contribution in [3.63, 3.8) is 0 Å². The summed E-state index contributed by atoms with van der Waals surface area (Å²) in [7, 11) is 0. The molecule has 0 aromatic heterocycles. The lowest BCUT2D eigenvalue weighted by Gasteiger charge is -2.17. The molecular formula is C16H26N2O. The maximum absolute atomic E-state index is 5.83. The van der Waals surface area contributed by atoms with E-state index >= 15 is 0 Å². The Balaban J connectivity index is 2.50. The average molecular weight is 262 g/mol. The van der Waals surface area contributed by atoms with Gasteiger partial charge in [0.15, 0.2) is 0 Å². The van der Waals surface area contributed by atoms with E-state index in [1.165, 1.54) is 5.56 Å². The number of nitrogens with one attached hydrogen (secondary N) is 1. The van der Waals surface area contributed by atoms with Gasteiger partial charge in [0.25, 0.3) is 0 Å². The number of nitrogens with two attached hydrogens (primary N) is 1. The molecular weight excluding hydrogens is 236 g/mol. The number of rotatable bonds is 9. The molecule has 3 N–H and O–H groups in total. The fourth-order valence-electron chi connectivity index (χ4n) is 1.86. The van der Waals surface area contributed by atoms with Gasteiger partial charge < -0.3 is 15.8 Å². The molecule has 0 aliphatic heterocycles. The minimum atomic E-state index is 0.213. The minimum absolute atomic E-state index is 0.213. The van der Waals surface area contributed by atoms with Crippen LogP contribution in [0, 0.1) is 0 Å². The molecule has 0 fully saturated rings. The maximum Gasteiger partial charge on any atom is 0.119 e. The van der Waals surface area contributed by atoms with E-state index in [0.29, 0.717) is 6.54 Å². The van der Waals surface area contributed by atoms with Crippen LogP contribution in [0.3, 0.4) is 0 Å². The van der Waals surface area contributed by atoms with Crippen LogP contribution in [0.2, 0.25) is 0 Å². The Labute approximate surface area is 116 Å². The summed E-state index contributed by atoms with van der Waals surface area (Å²) in [6.07, 6.45) is 6.28. The molecule has 0 saturated carbocycles. The maximum atomic E-state index is 5.83. The van der Waals surface area contributed by atoms with Crippen LogP contribution in [0.4, 0.5) is 0 Å². The third kappa shape index (κ3) is 5.90. The molecule has 1 aromatic carbocycles. The first-order valence-corrected chi connectivity index (χ1v) is 7.09. The molecule has 1 rings (SSSR count). The monoisotopic (exact) mass is 262 g/mol. The minimum Gasteiger partial charge on any atom is -0.494 e. The molecule has 0 aliphatic carbocycles. The summed E-state index contributed by atoms with van der Waals surface area (Å²) in [5.41, 5.74) is 7.04. The molecule has 3 heteroatoms. The highest BCUT2D eigenvalue weighted by Gasteiger charge is 2.08. The lowest BCUT2D eigenvalue weighted by Crippen LogP contribution is -2.28. The average Bonchev–Trinajstić information content (AvgIpc) is 2.46. The summed E-state index contributed by atoms with van der Waals surface area (Å²) in [4.78, 5) is 0.